The van der Waals surface area contributed by atoms with Crippen LogP contribution in [0.4, 0.5) is 0 Å². The highest BCUT2D eigenvalue weighted by molar-refractivity contribution is 5.74. The van der Waals surface area contributed by atoms with Crippen LogP contribution >= 0.6 is 0 Å². The van der Waals surface area contributed by atoms with Crippen LogP contribution in [-0.4, -0.2) is 18.1 Å². The molecule has 19 heavy (non-hydrogen) atoms. The first-order valence-corrected chi connectivity index (χ1v) is 6.05. The molecule has 0 aromatic heterocycles. The third kappa shape index (κ3) is 5.89. The summed E-state index contributed by atoms with van der Waals surface area (Å²) in [6.07, 6.45) is 0.288. The topological polar surface area (TPSA) is 88.1 Å². The molecule has 1 amide bonds. The summed E-state index contributed by atoms with van der Waals surface area (Å²) in [5, 5.41) is 11.7. The van der Waals surface area contributed by atoms with Gasteiger partial charge >= 0.3 is 0 Å². The van der Waals surface area contributed by atoms with Crippen LogP contribution in [0.5, 0.6) is 5.75 Å². The number of primary amides is 1. The second-order valence-electron chi connectivity index (χ2n) is 4.97. The van der Waals surface area contributed by atoms with E-state index in [-0.39, 0.29) is 24.5 Å². The number of nitrogens with two attached hydrogens (primary N) is 1. The predicted molar refractivity (Wildman–Crippen MR) is 72.3 cm³/mol. The van der Waals surface area contributed by atoms with Crippen molar-refractivity contribution in [1.29, 1.82) is 5.26 Å². The zero-order chi connectivity index (χ0) is 14.3. The van der Waals surface area contributed by atoms with Crippen LogP contribution in [0.3, 0.4) is 0 Å². The van der Waals surface area contributed by atoms with Crippen LogP contribution in [0.2, 0.25) is 0 Å². The first-order chi connectivity index (χ1) is 8.93. The smallest absolute Gasteiger partial charge is 0.219 e. The van der Waals surface area contributed by atoms with Crippen molar-refractivity contribution in [2.24, 2.45) is 5.73 Å². The molecule has 5 nitrogen and oxygen atoms in total. The predicted octanol–water partition coefficient (Wildman–Crippen LogP) is 1.33. The average molecular weight is 261 g/mol. The first-order valence-electron chi connectivity index (χ1n) is 6.05. The number of rotatable bonds is 7. The molecule has 0 aliphatic carbocycles. The average Bonchev–Trinajstić information content (AvgIpc) is 2.34. The maximum Gasteiger partial charge on any atom is 0.219 e. The van der Waals surface area contributed by atoms with Gasteiger partial charge < -0.3 is 15.8 Å². The Bertz CT molecular complexity index is 461. The van der Waals surface area contributed by atoms with Crippen molar-refractivity contribution >= 4 is 5.91 Å². The molecule has 0 aliphatic rings. The molecular weight excluding hydrogens is 242 g/mol. The lowest BCUT2D eigenvalue weighted by Gasteiger charge is -2.24. The molecule has 0 radical (unpaired) electrons. The van der Waals surface area contributed by atoms with Gasteiger partial charge in [0.1, 0.15) is 11.8 Å². The number of nitrogens with zero attached hydrogens (tertiary/aromatic N) is 1. The molecule has 0 saturated heterocycles. The molecule has 0 fully saturated rings. The van der Waals surface area contributed by atoms with E-state index in [1.165, 1.54) is 0 Å². The molecule has 1 aromatic rings. The van der Waals surface area contributed by atoms with Crippen molar-refractivity contribution in [3.05, 3.63) is 29.8 Å². The monoisotopic (exact) mass is 261 g/mol. The van der Waals surface area contributed by atoms with E-state index in [2.05, 4.69) is 5.32 Å². The Morgan fingerprint density at radius 2 is 2.05 bits per heavy atom. The highest BCUT2D eigenvalue weighted by Crippen LogP contribution is 2.14. The Morgan fingerprint density at radius 1 is 1.42 bits per heavy atom. The Hall–Kier alpha value is -2.06. The summed E-state index contributed by atoms with van der Waals surface area (Å²) in [4.78, 5) is 10.9. The molecular formula is C14H19N3O2. The second kappa shape index (κ2) is 6.76. The molecule has 3 N–H and O–H groups in total. The van der Waals surface area contributed by atoms with E-state index in [0.717, 1.165) is 5.56 Å². The van der Waals surface area contributed by atoms with Gasteiger partial charge in [-0.25, -0.2) is 0 Å². The van der Waals surface area contributed by atoms with Crippen LogP contribution in [0.15, 0.2) is 24.3 Å². The minimum atomic E-state index is -0.332. The summed E-state index contributed by atoms with van der Waals surface area (Å²) in [5.41, 5.74) is 5.93. The fourth-order valence-corrected chi connectivity index (χ4v) is 1.66. The van der Waals surface area contributed by atoms with Crippen LogP contribution in [0.1, 0.15) is 25.8 Å². The Morgan fingerprint density at radius 3 is 2.58 bits per heavy atom. The quantitative estimate of drug-likeness (QED) is 0.775. The summed E-state index contributed by atoms with van der Waals surface area (Å²) in [5.74, 6) is 0.347. The van der Waals surface area contributed by atoms with E-state index in [1.807, 2.05) is 44.2 Å². The minimum Gasteiger partial charge on any atom is -0.479 e. The highest BCUT2D eigenvalue weighted by atomic mass is 16.5. The third-order valence-corrected chi connectivity index (χ3v) is 2.61. The van der Waals surface area contributed by atoms with Gasteiger partial charge in [-0.1, -0.05) is 12.1 Å². The van der Waals surface area contributed by atoms with Gasteiger partial charge in [0.15, 0.2) is 6.61 Å². The van der Waals surface area contributed by atoms with Gasteiger partial charge in [-0.3, -0.25) is 4.79 Å². The maximum absolute atomic E-state index is 10.9. The van der Waals surface area contributed by atoms with Crippen molar-refractivity contribution in [2.75, 3.05) is 6.61 Å². The fourth-order valence-electron chi connectivity index (χ4n) is 1.66. The number of carbonyl (C=O) groups excluding carboxylic acids is 1. The molecule has 0 aliphatic heterocycles. The summed E-state index contributed by atoms with van der Waals surface area (Å²) in [7, 11) is 0. The van der Waals surface area contributed by atoms with Crippen molar-refractivity contribution in [1.82, 2.24) is 5.32 Å². The van der Waals surface area contributed by atoms with Gasteiger partial charge in [0.2, 0.25) is 5.91 Å². The second-order valence-corrected chi connectivity index (χ2v) is 4.97. The van der Waals surface area contributed by atoms with Crippen molar-refractivity contribution < 1.29 is 9.53 Å². The van der Waals surface area contributed by atoms with Gasteiger partial charge in [0, 0.05) is 18.5 Å². The highest BCUT2D eigenvalue weighted by Gasteiger charge is 2.19. The minimum absolute atomic E-state index is 0.0449. The van der Waals surface area contributed by atoms with E-state index < -0.39 is 0 Å². The number of hydrogen-bond donors (Lipinski definition) is 2. The van der Waals surface area contributed by atoms with E-state index in [0.29, 0.717) is 12.3 Å². The number of nitriles is 1. The molecule has 1 rings (SSSR count). The van der Waals surface area contributed by atoms with Gasteiger partial charge in [-0.05, 0) is 31.5 Å². The molecule has 0 unspecified atom stereocenters. The fraction of sp³-hybridized carbons (Fsp3) is 0.429. The molecule has 0 bridgehead atoms. The molecule has 0 spiro atoms. The standard InChI is InChI=1S/C14H19N3O2/c1-14(2,9-13(16)18)17-10-11-3-5-12(6-4-11)19-8-7-15/h3-6,17H,8-10H2,1-2H3,(H2,16,18). The van der Waals surface area contributed by atoms with E-state index in [9.17, 15) is 4.79 Å². The maximum atomic E-state index is 10.9. The Kier molecular flexibility index (Phi) is 5.34. The third-order valence-electron chi connectivity index (χ3n) is 2.61. The molecule has 1 aromatic carbocycles. The lowest BCUT2D eigenvalue weighted by molar-refractivity contribution is -0.119. The number of carbonyl (C=O) groups is 1. The number of benzene rings is 1. The Labute approximate surface area is 113 Å². The molecule has 0 atom stereocenters. The lowest BCUT2D eigenvalue weighted by atomic mass is 10.00. The zero-order valence-electron chi connectivity index (χ0n) is 11.3. The number of nitrogens with one attached hydrogen (secondary N) is 1. The largest absolute Gasteiger partial charge is 0.479 e. The van der Waals surface area contributed by atoms with E-state index in [1.54, 1.807) is 0 Å². The number of ether oxygens (including phenoxy) is 1. The molecule has 5 heteroatoms. The number of hydrogen-bond acceptors (Lipinski definition) is 4. The van der Waals surface area contributed by atoms with Gasteiger partial charge in [-0.2, -0.15) is 5.26 Å². The summed E-state index contributed by atoms with van der Waals surface area (Å²) < 4.78 is 5.17. The summed E-state index contributed by atoms with van der Waals surface area (Å²) >= 11 is 0. The molecule has 0 saturated carbocycles. The van der Waals surface area contributed by atoms with Crippen molar-refractivity contribution in [3.8, 4) is 11.8 Å². The van der Waals surface area contributed by atoms with Crippen molar-refractivity contribution in [3.63, 3.8) is 0 Å². The van der Waals surface area contributed by atoms with Crippen LogP contribution < -0.4 is 15.8 Å². The van der Waals surface area contributed by atoms with Crippen molar-refractivity contribution in [2.45, 2.75) is 32.4 Å². The van der Waals surface area contributed by atoms with Crippen LogP contribution in [-0.2, 0) is 11.3 Å². The SMILES string of the molecule is CC(C)(CC(N)=O)NCc1ccc(OCC#N)cc1. The molecule has 0 heterocycles. The molecule has 102 valence electrons. The van der Waals surface area contributed by atoms with E-state index >= 15 is 0 Å². The first kappa shape index (κ1) is 15.0. The van der Waals surface area contributed by atoms with E-state index in [4.69, 9.17) is 15.7 Å². The van der Waals surface area contributed by atoms with Gasteiger partial charge in [-0.15, -0.1) is 0 Å². The lowest BCUT2D eigenvalue weighted by Crippen LogP contribution is -2.42. The number of amides is 1. The van der Waals surface area contributed by atoms with Gasteiger partial charge in [0.05, 0.1) is 0 Å². The van der Waals surface area contributed by atoms with Crippen LogP contribution in [0.25, 0.3) is 0 Å². The Balaban J connectivity index is 2.50. The van der Waals surface area contributed by atoms with Gasteiger partial charge in [0.25, 0.3) is 0 Å². The zero-order valence-corrected chi connectivity index (χ0v) is 11.3. The normalized spacial score (nSPS) is 10.8. The van der Waals surface area contributed by atoms with Crippen LogP contribution in [0, 0.1) is 11.3 Å². The summed E-state index contributed by atoms with van der Waals surface area (Å²) in [6, 6.07) is 9.38. The summed E-state index contributed by atoms with van der Waals surface area (Å²) in [6.45, 7) is 4.55.